The number of hydrogen-bond donors (Lipinski definition) is 1. The number of aryl methyl sites for hydroxylation is 2. The maximum Gasteiger partial charge on any atom is 0.259 e. The Morgan fingerprint density at radius 3 is 2.35 bits per heavy atom. The van der Waals surface area contributed by atoms with Crippen molar-refractivity contribution in [3.63, 3.8) is 0 Å². The van der Waals surface area contributed by atoms with Gasteiger partial charge < -0.3 is 5.32 Å². The summed E-state index contributed by atoms with van der Waals surface area (Å²) >= 11 is 0. The van der Waals surface area contributed by atoms with Crippen molar-refractivity contribution in [1.82, 2.24) is 9.78 Å². The second kappa shape index (κ2) is 8.00. The van der Waals surface area contributed by atoms with Crippen LogP contribution in [0.4, 0.5) is 5.69 Å². The van der Waals surface area contributed by atoms with Gasteiger partial charge in [0.2, 0.25) is 0 Å². The second-order valence-electron chi connectivity index (χ2n) is 6.59. The van der Waals surface area contributed by atoms with Crippen molar-refractivity contribution in [2.45, 2.75) is 40.2 Å². The number of benzene rings is 2. The van der Waals surface area contributed by atoms with Gasteiger partial charge in [0.15, 0.2) is 0 Å². The molecule has 1 aromatic heterocycles. The molecule has 134 valence electrons. The third-order valence-electron chi connectivity index (χ3n) is 4.53. The second-order valence-corrected chi connectivity index (χ2v) is 6.59. The highest BCUT2D eigenvalue weighted by atomic mass is 16.1. The Kier molecular flexibility index (Phi) is 5.52. The SMILES string of the molecule is CCCc1ccc(NC(=O)c2c(C)nn(Cc3ccccc3)c2C)cc1. The minimum absolute atomic E-state index is 0.109. The topological polar surface area (TPSA) is 46.9 Å². The van der Waals surface area contributed by atoms with Crippen molar-refractivity contribution in [3.8, 4) is 0 Å². The number of hydrogen-bond acceptors (Lipinski definition) is 2. The molecule has 0 fully saturated rings. The van der Waals surface area contributed by atoms with E-state index in [0.717, 1.165) is 35.5 Å². The first kappa shape index (κ1) is 17.9. The zero-order valence-electron chi connectivity index (χ0n) is 15.6. The Labute approximate surface area is 154 Å². The highest BCUT2D eigenvalue weighted by Gasteiger charge is 2.19. The first-order chi connectivity index (χ1) is 12.6. The van der Waals surface area contributed by atoms with Crippen molar-refractivity contribution >= 4 is 11.6 Å². The van der Waals surface area contributed by atoms with Crippen LogP contribution in [0.25, 0.3) is 0 Å². The average Bonchev–Trinajstić information content (AvgIpc) is 2.91. The summed E-state index contributed by atoms with van der Waals surface area (Å²) in [5, 5.41) is 7.56. The molecular formula is C22H25N3O. The largest absolute Gasteiger partial charge is 0.322 e. The van der Waals surface area contributed by atoms with Gasteiger partial charge in [0.25, 0.3) is 5.91 Å². The number of carbonyl (C=O) groups is 1. The Bertz CT molecular complexity index is 880. The fourth-order valence-corrected chi connectivity index (χ4v) is 3.17. The van der Waals surface area contributed by atoms with Crippen molar-refractivity contribution in [2.75, 3.05) is 5.32 Å². The monoisotopic (exact) mass is 347 g/mol. The molecule has 0 spiro atoms. The lowest BCUT2D eigenvalue weighted by Crippen LogP contribution is -2.14. The predicted molar refractivity (Wildman–Crippen MR) is 106 cm³/mol. The van der Waals surface area contributed by atoms with Gasteiger partial charge in [0, 0.05) is 11.4 Å². The Balaban J connectivity index is 1.77. The van der Waals surface area contributed by atoms with Crippen LogP contribution >= 0.6 is 0 Å². The molecule has 0 radical (unpaired) electrons. The average molecular weight is 347 g/mol. The van der Waals surface area contributed by atoms with Gasteiger partial charge in [-0.25, -0.2) is 0 Å². The smallest absolute Gasteiger partial charge is 0.259 e. The number of rotatable bonds is 6. The van der Waals surface area contributed by atoms with E-state index in [1.54, 1.807) is 0 Å². The molecule has 2 aromatic carbocycles. The lowest BCUT2D eigenvalue weighted by Gasteiger charge is -2.08. The van der Waals surface area contributed by atoms with Crippen LogP contribution in [-0.4, -0.2) is 15.7 Å². The molecule has 0 saturated carbocycles. The van der Waals surface area contributed by atoms with Gasteiger partial charge in [0.1, 0.15) is 0 Å². The first-order valence-electron chi connectivity index (χ1n) is 9.06. The van der Waals surface area contributed by atoms with Crippen LogP contribution in [0.5, 0.6) is 0 Å². The molecule has 3 rings (SSSR count). The van der Waals surface area contributed by atoms with Crippen LogP contribution in [-0.2, 0) is 13.0 Å². The molecule has 26 heavy (non-hydrogen) atoms. The molecule has 0 atom stereocenters. The predicted octanol–water partition coefficient (Wildman–Crippen LogP) is 4.75. The van der Waals surface area contributed by atoms with Gasteiger partial charge in [-0.3, -0.25) is 9.48 Å². The Hall–Kier alpha value is -2.88. The molecule has 4 nitrogen and oxygen atoms in total. The summed E-state index contributed by atoms with van der Waals surface area (Å²) in [6.07, 6.45) is 2.17. The first-order valence-corrected chi connectivity index (χ1v) is 9.06. The summed E-state index contributed by atoms with van der Waals surface area (Å²) < 4.78 is 1.89. The van der Waals surface area contributed by atoms with Gasteiger partial charge in [-0.2, -0.15) is 5.10 Å². The van der Waals surface area contributed by atoms with Gasteiger partial charge >= 0.3 is 0 Å². The van der Waals surface area contributed by atoms with E-state index >= 15 is 0 Å². The van der Waals surface area contributed by atoms with Crippen molar-refractivity contribution in [1.29, 1.82) is 0 Å². The maximum absolute atomic E-state index is 12.8. The van der Waals surface area contributed by atoms with E-state index in [9.17, 15) is 4.79 Å². The van der Waals surface area contributed by atoms with Crippen molar-refractivity contribution in [2.24, 2.45) is 0 Å². The lowest BCUT2D eigenvalue weighted by atomic mass is 10.1. The normalized spacial score (nSPS) is 10.7. The van der Waals surface area contributed by atoms with Crippen molar-refractivity contribution < 1.29 is 4.79 Å². The molecule has 1 heterocycles. The summed E-state index contributed by atoms with van der Waals surface area (Å²) in [5.41, 5.74) is 5.54. The van der Waals surface area contributed by atoms with E-state index in [0.29, 0.717) is 12.1 Å². The van der Waals surface area contributed by atoms with Crippen molar-refractivity contribution in [3.05, 3.63) is 82.7 Å². The molecule has 0 bridgehead atoms. The minimum Gasteiger partial charge on any atom is -0.322 e. The zero-order chi connectivity index (χ0) is 18.5. The highest BCUT2D eigenvalue weighted by Crippen LogP contribution is 2.18. The van der Waals surface area contributed by atoms with Crippen LogP contribution in [0.15, 0.2) is 54.6 Å². The molecule has 1 N–H and O–H groups in total. The molecule has 3 aromatic rings. The fourth-order valence-electron chi connectivity index (χ4n) is 3.17. The molecule has 0 aliphatic heterocycles. The van der Waals surface area contributed by atoms with E-state index in [1.165, 1.54) is 5.56 Å². The molecule has 4 heteroatoms. The van der Waals surface area contributed by atoms with Gasteiger partial charge in [0.05, 0.1) is 17.8 Å². The van der Waals surface area contributed by atoms with E-state index in [1.807, 2.05) is 48.9 Å². The number of amides is 1. The van der Waals surface area contributed by atoms with Gasteiger partial charge in [-0.1, -0.05) is 55.8 Å². The van der Waals surface area contributed by atoms with Crippen LogP contribution in [0, 0.1) is 13.8 Å². The molecule has 0 aliphatic carbocycles. The van der Waals surface area contributed by atoms with E-state index in [-0.39, 0.29) is 5.91 Å². The van der Waals surface area contributed by atoms with E-state index in [4.69, 9.17) is 0 Å². The number of carbonyl (C=O) groups excluding carboxylic acids is 1. The number of nitrogens with one attached hydrogen (secondary N) is 1. The summed E-state index contributed by atoms with van der Waals surface area (Å²) in [4.78, 5) is 12.8. The van der Waals surface area contributed by atoms with Crippen LogP contribution in [0.2, 0.25) is 0 Å². The number of aromatic nitrogens is 2. The minimum atomic E-state index is -0.109. The van der Waals surface area contributed by atoms with Gasteiger partial charge in [-0.15, -0.1) is 0 Å². The quantitative estimate of drug-likeness (QED) is 0.699. The number of anilines is 1. The summed E-state index contributed by atoms with van der Waals surface area (Å²) in [6, 6.07) is 18.2. The molecule has 0 aliphatic rings. The lowest BCUT2D eigenvalue weighted by molar-refractivity contribution is 0.102. The zero-order valence-corrected chi connectivity index (χ0v) is 15.6. The number of nitrogens with zero attached hydrogens (tertiary/aromatic N) is 2. The third-order valence-corrected chi connectivity index (χ3v) is 4.53. The Morgan fingerprint density at radius 1 is 1.00 bits per heavy atom. The van der Waals surface area contributed by atoms with Crippen LogP contribution in [0.1, 0.15) is 46.2 Å². The Morgan fingerprint density at radius 2 is 1.69 bits per heavy atom. The summed E-state index contributed by atoms with van der Waals surface area (Å²) in [7, 11) is 0. The standard InChI is InChI=1S/C22H25N3O/c1-4-8-18-11-13-20(14-12-18)23-22(26)21-16(2)24-25(17(21)3)15-19-9-6-5-7-10-19/h5-7,9-14H,4,8,15H2,1-3H3,(H,23,26). The highest BCUT2D eigenvalue weighted by molar-refractivity contribution is 6.05. The summed E-state index contributed by atoms with van der Waals surface area (Å²) in [5.74, 6) is -0.109. The van der Waals surface area contributed by atoms with Crippen LogP contribution < -0.4 is 5.32 Å². The molecular weight excluding hydrogens is 322 g/mol. The molecule has 1 amide bonds. The maximum atomic E-state index is 12.8. The van der Waals surface area contributed by atoms with E-state index in [2.05, 4.69) is 41.6 Å². The summed E-state index contributed by atoms with van der Waals surface area (Å²) in [6.45, 7) is 6.65. The molecule has 0 saturated heterocycles. The van der Waals surface area contributed by atoms with Crippen LogP contribution in [0.3, 0.4) is 0 Å². The van der Waals surface area contributed by atoms with E-state index < -0.39 is 0 Å². The van der Waals surface area contributed by atoms with Gasteiger partial charge in [-0.05, 0) is 43.5 Å². The molecule has 0 unspecified atom stereocenters. The fraction of sp³-hybridized carbons (Fsp3) is 0.273. The third kappa shape index (κ3) is 4.02.